The molecule has 0 heterocycles. The van der Waals surface area contributed by atoms with Crippen molar-refractivity contribution >= 4 is 23.2 Å². The fourth-order valence-electron chi connectivity index (χ4n) is 2.91. The number of carbonyl (C=O) groups excluding carboxylic acids is 1. The van der Waals surface area contributed by atoms with E-state index in [2.05, 4.69) is 11.4 Å². The lowest BCUT2D eigenvalue weighted by Gasteiger charge is -2.16. The van der Waals surface area contributed by atoms with Gasteiger partial charge in [0.1, 0.15) is 0 Å². The Bertz CT molecular complexity index is 684. The molecule has 2 aromatic rings. The molecule has 0 saturated heterocycles. The summed E-state index contributed by atoms with van der Waals surface area (Å²) in [4.78, 5) is 11.2. The maximum atomic E-state index is 11.2. The maximum Gasteiger partial charge on any atom is 0.221 e. The van der Waals surface area contributed by atoms with E-state index in [4.69, 9.17) is 17.3 Å². The molecule has 1 atom stereocenters. The van der Waals surface area contributed by atoms with Gasteiger partial charge in [0.15, 0.2) is 0 Å². The van der Waals surface area contributed by atoms with Crippen molar-refractivity contribution in [2.45, 2.75) is 25.3 Å². The van der Waals surface area contributed by atoms with Crippen LogP contribution in [0.5, 0.6) is 0 Å². The number of benzene rings is 2. The molecule has 0 fully saturated rings. The lowest BCUT2D eigenvalue weighted by molar-refractivity contribution is -0.117. The molecular formula is C17H17ClN2O. The molecule has 2 aromatic carbocycles. The fourth-order valence-corrected chi connectivity index (χ4v) is 3.11. The topological polar surface area (TPSA) is 55.1 Å². The van der Waals surface area contributed by atoms with Crippen molar-refractivity contribution in [2.24, 2.45) is 5.73 Å². The highest BCUT2D eigenvalue weighted by molar-refractivity contribution is 6.30. The van der Waals surface area contributed by atoms with Crippen LogP contribution < -0.4 is 11.1 Å². The summed E-state index contributed by atoms with van der Waals surface area (Å²) in [7, 11) is 0. The van der Waals surface area contributed by atoms with Crippen molar-refractivity contribution in [1.82, 2.24) is 0 Å². The summed E-state index contributed by atoms with van der Waals surface area (Å²) < 4.78 is 0. The highest BCUT2D eigenvalue weighted by Crippen LogP contribution is 2.28. The third-order valence-corrected chi connectivity index (χ3v) is 4.08. The van der Waals surface area contributed by atoms with E-state index in [9.17, 15) is 4.79 Å². The first kappa shape index (κ1) is 14.0. The Kier molecular flexibility index (Phi) is 3.84. The van der Waals surface area contributed by atoms with Crippen molar-refractivity contribution in [3.63, 3.8) is 0 Å². The van der Waals surface area contributed by atoms with Gasteiger partial charge in [0.2, 0.25) is 5.91 Å². The lowest BCUT2D eigenvalue weighted by Crippen LogP contribution is -2.21. The first-order chi connectivity index (χ1) is 10.1. The summed E-state index contributed by atoms with van der Waals surface area (Å²) in [5.74, 6) is -0.314. The molecule has 0 aliphatic heterocycles. The number of primary amides is 1. The number of rotatable bonds is 4. The number of para-hydroxylation sites is 1. The summed E-state index contributed by atoms with van der Waals surface area (Å²) in [6.07, 6.45) is 2.17. The van der Waals surface area contributed by atoms with Gasteiger partial charge in [0, 0.05) is 16.8 Å². The normalized spacial score (nSPS) is 16.5. The van der Waals surface area contributed by atoms with Crippen LogP contribution in [0.15, 0.2) is 42.5 Å². The van der Waals surface area contributed by atoms with Crippen LogP contribution in [0.2, 0.25) is 5.02 Å². The van der Waals surface area contributed by atoms with Crippen LogP contribution >= 0.6 is 11.6 Å². The van der Waals surface area contributed by atoms with Crippen molar-refractivity contribution in [3.8, 4) is 0 Å². The Labute approximate surface area is 129 Å². The third kappa shape index (κ3) is 3.19. The van der Waals surface area contributed by atoms with Gasteiger partial charge in [0.05, 0.1) is 6.42 Å². The van der Waals surface area contributed by atoms with Gasteiger partial charge < -0.3 is 11.1 Å². The van der Waals surface area contributed by atoms with Crippen LogP contribution in [-0.4, -0.2) is 11.9 Å². The Morgan fingerprint density at radius 1 is 1.19 bits per heavy atom. The van der Waals surface area contributed by atoms with Gasteiger partial charge in [-0.3, -0.25) is 4.79 Å². The Balaban J connectivity index is 1.76. The van der Waals surface area contributed by atoms with Gasteiger partial charge in [-0.25, -0.2) is 0 Å². The van der Waals surface area contributed by atoms with Crippen LogP contribution in [-0.2, 0) is 24.1 Å². The molecule has 3 nitrogen and oxygen atoms in total. The highest BCUT2D eigenvalue weighted by atomic mass is 35.5. The van der Waals surface area contributed by atoms with Gasteiger partial charge in [-0.1, -0.05) is 35.9 Å². The smallest absolute Gasteiger partial charge is 0.221 e. The molecule has 1 unspecified atom stereocenters. The van der Waals surface area contributed by atoms with E-state index in [0.29, 0.717) is 6.04 Å². The number of amides is 1. The van der Waals surface area contributed by atoms with E-state index in [-0.39, 0.29) is 12.3 Å². The van der Waals surface area contributed by atoms with Crippen LogP contribution in [0.3, 0.4) is 0 Å². The Morgan fingerprint density at radius 3 is 2.76 bits per heavy atom. The monoisotopic (exact) mass is 300 g/mol. The molecule has 1 amide bonds. The Hall–Kier alpha value is -2.00. The van der Waals surface area contributed by atoms with Gasteiger partial charge in [-0.15, -0.1) is 0 Å². The third-order valence-electron chi connectivity index (χ3n) is 3.84. The second-order valence-electron chi connectivity index (χ2n) is 5.46. The standard InChI is InChI=1S/C17H17ClN2O/c18-14-6-5-11-8-15(9-13(11)7-14)20-16-4-2-1-3-12(16)10-17(19)21/h1-7,15,20H,8-10H2,(H2,19,21). The second-order valence-corrected chi connectivity index (χ2v) is 5.90. The Morgan fingerprint density at radius 2 is 1.95 bits per heavy atom. The van der Waals surface area contributed by atoms with Crippen LogP contribution in [0.1, 0.15) is 16.7 Å². The minimum absolute atomic E-state index is 0.259. The lowest BCUT2D eigenvalue weighted by atomic mass is 10.1. The molecule has 0 radical (unpaired) electrons. The minimum atomic E-state index is -0.314. The van der Waals surface area contributed by atoms with Gasteiger partial charge in [-0.2, -0.15) is 0 Å². The van der Waals surface area contributed by atoms with E-state index in [0.717, 1.165) is 29.1 Å². The molecule has 0 aromatic heterocycles. The zero-order valence-corrected chi connectivity index (χ0v) is 12.4. The largest absolute Gasteiger partial charge is 0.381 e. The summed E-state index contributed by atoms with van der Waals surface area (Å²) >= 11 is 6.04. The maximum absolute atomic E-state index is 11.2. The molecule has 3 rings (SSSR count). The summed E-state index contributed by atoms with van der Waals surface area (Å²) in [6, 6.07) is 14.2. The van der Waals surface area contributed by atoms with Gasteiger partial charge in [0.25, 0.3) is 0 Å². The molecule has 4 heteroatoms. The predicted octanol–water partition coefficient (Wildman–Crippen LogP) is 2.95. The zero-order chi connectivity index (χ0) is 14.8. The van der Waals surface area contributed by atoms with Crippen molar-refractivity contribution in [3.05, 3.63) is 64.2 Å². The van der Waals surface area contributed by atoms with E-state index in [1.54, 1.807) is 0 Å². The number of hydrogen-bond acceptors (Lipinski definition) is 2. The molecule has 0 bridgehead atoms. The van der Waals surface area contributed by atoms with E-state index >= 15 is 0 Å². The first-order valence-electron chi connectivity index (χ1n) is 7.02. The molecule has 1 aliphatic rings. The van der Waals surface area contributed by atoms with Crippen LogP contribution in [0, 0.1) is 0 Å². The number of anilines is 1. The van der Waals surface area contributed by atoms with E-state index in [1.165, 1.54) is 11.1 Å². The summed E-state index contributed by atoms with van der Waals surface area (Å²) in [5.41, 5.74) is 9.87. The average Bonchev–Trinajstić information content (AvgIpc) is 2.82. The number of halogens is 1. The molecular weight excluding hydrogens is 284 g/mol. The van der Waals surface area contributed by atoms with Crippen molar-refractivity contribution in [2.75, 3.05) is 5.32 Å². The molecule has 108 valence electrons. The number of nitrogens with one attached hydrogen (secondary N) is 1. The molecule has 21 heavy (non-hydrogen) atoms. The number of nitrogens with two attached hydrogens (primary N) is 1. The van der Waals surface area contributed by atoms with Crippen LogP contribution in [0.4, 0.5) is 5.69 Å². The predicted molar refractivity (Wildman–Crippen MR) is 85.6 cm³/mol. The zero-order valence-electron chi connectivity index (χ0n) is 11.6. The second kappa shape index (κ2) is 5.78. The first-order valence-corrected chi connectivity index (χ1v) is 7.39. The molecule has 3 N–H and O–H groups in total. The summed E-state index contributed by atoms with van der Waals surface area (Å²) in [5, 5.41) is 4.31. The summed E-state index contributed by atoms with van der Waals surface area (Å²) in [6.45, 7) is 0. The molecule has 0 spiro atoms. The van der Waals surface area contributed by atoms with E-state index in [1.807, 2.05) is 36.4 Å². The van der Waals surface area contributed by atoms with Crippen molar-refractivity contribution < 1.29 is 4.79 Å². The van der Waals surface area contributed by atoms with Crippen molar-refractivity contribution in [1.29, 1.82) is 0 Å². The van der Waals surface area contributed by atoms with E-state index < -0.39 is 0 Å². The quantitative estimate of drug-likeness (QED) is 0.912. The van der Waals surface area contributed by atoms with Gasteiger partial charge >= 0.3 is 0 Å². The minimum Gasteiger partial charge on any atom is -0.381 e. The van der Waals surface area contributed by atoms with Crippen LogP contribution in [0.25, 0.3) is 0 Å². The highest BCUT2D eigenvalue weighted by Gasteiger charge is 2.22. The number of carbonyl (C=O) groups is 1. The number of hydrogen-bond donors (Lipinski definition) is 2. The molecule has 1 aliphatic carbocycles. The molecule has 0 saturated carbocycles. The SMILES string of the molecule is NC(=O)Cc1ccccc1NC1Cc2ccc(Cl)cc2C1. The fraction of sp³-hybridized carbons (Fsp3) is 0.235. The number of fused-ring (bicyclic) bond motifs is 1. The average molecular weight is 301 g/mol. The van der Waals surface area contributed by atoms with Gasteiger partial charge in [-0.05, 0) is 47.7 Å².